The topological polar surface area (TPSA) is 88.2 Å². The average Bonchev–Trinajstić information content (AvgIpc) is 2.65. The largest absolute Gasteiger partial charge is 0.368 e. The van der Waals surface area contributed by atoms with Crippen LogP contribution >= 0.6 is 0 Å². The van der Waals surface area contributed by atoms with Crippen molar-refractivity contribution in [2.75, 3.05) is 40.0 Å². The smallest absolute Gasteiger partial charge is 0.254 e. The van der Waals surface area contributed by atoms with Gasteiger partial charge in [0.25, 0.3) is 5.91 Å². The predicted molar refractivity (Wildman–Crippen MR) is 112 cm³/mol. The fourth-order valence-corrected chi connectivity index (χ4v) is 3.13. The molecule has 0 spiro atoms. The Morgan fingerprint density at radius 1 is 1.04 bits per heavy atom. The predicted octanol–water partition coefficient (Wildman–Crippen LogP) is 2.52. The van der Waals surface area contributed by atoms with Crippen LogP contribution in [0, 0.1) is 13.8 Å². The molecule has 2 heterocycles. The van der Waals surface area contributed by atoms with Gasteiger partial charge < -0.3 is 15.5 Å². The van der Waals surface area contributed by atoms with Gasteiger partial charge in [-0.1, -0.05) is 11.6 Å². The van der Waals surface area contributed by atoms with E-state index in [4.69, 9.17) is 10.7 Å². The fourth-order valence-electron chi connectivity index (χ4n) is 3.13. The second-order valence-corrected chi connectivity index (χ2v) is 7.39. The van der Waals surface area contributed by atoms with E-state index in [1.165, 1.54) is 0 Å². The summed E-state index contributed by atoms with van der Waals surface area (Å²) in [6, 6.07) is 5.92. The molecule has 146 valence electrons. The highest BCUT2D eigenvalue weighted by Crippen LogP contribution is 2.28. The van der Waals surface area contributed by atoms with E-state index in [2.05, 4.69) is 20.9 Å². The number of carbonyl (C=O) groups excluding carboxylic acids is 1. The van der Waals surface area contributed by atoms with Crippen molar-refractivity contribution in [2.45, 2.75) is 13.8 Å². The Labute approximate surface area is 165 Å². The summed E-state index contributed by atoms with van der Waals surface area (Å²) in [6.07, 6.45) is 3.26. The van der Waals surface area contributed by atoms with E-state index < -0.39 is 0 Å². The number of hydrogen-bond donors (Lipinski definition) is 1. The molecule has 1 amide bonds. The van der Waals surface area contributed by atoms with Crippen LogP contribution in [0.2, 0.25) is 0 Å². The number of fused-ring (bicyclic) bond motifs is 1. The second-order valence-electron chi connectivity index (χ2n) is 7.39. The molecule has 7 nitrogen and oxygen atoms in total. The minimum absolute atomic E-state index is 0.0307. The number of nitrogens with zero attached hydrogens (tertiary/aromatic N) is 5. The maximum absolute atomic E-state index is 13.3. The highest BCUT2D eigenvalue weighted by atomic mass is 16.2. The Balaban J connectivity index is 2.15. The monoisotopic (exact) mass is 378 g/mol. The summed E-state index contributed by atoms with van der Waals surface area (Å²) >= 11 is 0. The highest BCUT2D eigenvalue weighted by Gasteiger charge is 2.19. The number of amides is 1. The van der Waals surface area contributed by atoms with Gasteiger partial charge in [0.05, 0.1) is 16.8 Å². The van der Waals surface area contributed by atoms with Crippen molar-refractivity contribution in [3.63, 3.8) is 0 Å². The van der Waals surface area contributed by atoms with E-state index in [1.807, 2.05) is 47.1 Å². The zero-order valence-corrected chi connectivity index (χ0v) is 17.0. The number of aryl methyl sites for hydroxylation is 2. The molecule has 28 heavy (non-hydrogen) atoms. The summed E-state index contributed by atoms with van der Waals surface area (Å²) in [5.41, 5.74) is 10.5. The van der Waals surface area contributed by atoms with Crippen LogP contribution < -0.4 is 5.73 Å². The van der Waals surface area contributed by atoms with Gasteiger partial charge in [-0.15, -0.1) is 0 Å². The first kappa shape index (κ1) is 19.7. The van der Waals surface area contributed by atoms with Crippen LogP contribution in [0.1, 0.15) is 21.5 Å². The van der Waals surface area contributed by atoms with Gasteiger partial charge in [-0.3, -0.25) is 4.79 Å². The van der Waals surface area contributed by atoms with Gasteiger partial charge >= 0.3 is 0 Å². The Bertz CT molecular complexity index is 1010. The van der Waals surface area contributed by atoms with E-state index in [1.54, 1.807) is 17.3 Å². The molecule has 0 unspecified atom stereocenters. The normalized spacial score (nSPS) is 11.2. The van der Waals surface area contributed by atoms with Gasteiger partial charge in [0.15, 0.2) is 0 Å². The average molecular weight is 378 g/mol. The van der Waals surface area contributed by atoms with Crippen LogP contribution in [0.25, 0.3) is 22.2 Å². The molecule has 2 aromatic heterocycles. The summed E-state index contributed by atoms with van der Waals surface area (Å²) in [4.78, 5) is 30.0. The first-order valence-corrected chi connectivity index (χ1v) is 9.16. The summed E-state index contributed by atoms with van der Waals surface area (Å²) in [6.45, 7) is 5.47. The molecular weight excluding hydrogens is 352 g/mol. The van der Waals surface area contributed by atoms with Crippen LogP contribution in [-0.2, 0) is 0 Å². The molecule has 0 saturated carbocycles. The number of pyridine rings is 1. The van der Waals surface area contributed by atoms with Crippen molar-refractivity contribution in [1.29, 1.82) is 0 Å². The maximum atomic E-state index is 13.3. The molecule has 0 aliphatic carbocycles. The molecule has 2 N–H and O–H groups in total. The molecule has 3 aromatic rings. The second kappa shape index (κ2) is 7.90. The number of nitrogens with two attached hydrogens (primary N) is 1. The van der Waals surface area contributed by atoms with Gasteiger partial charge in [0, 0.05) is 43.5 Å². The van der Waals surface area contributed by atoms with Crippen molar-refractivity contribution in [1.82, 2.24) is 24.8 Å². The van der Waals surface area contributed by atoms with Crippen LogP contribution in [0.5, 0.6) is 0 Å². The Kier molecular flexibility index (Phi) is 5.56. The summed E-state index contributed by atoms with van der Waals surface area (Å²) in [5, 5.41) is 0.860. The summed E-state index contributed by atoms with van der Waals surface area (Å²) in [7, 11) is 5.81. The number of benzene rings is 1. The third kappa shape index (κ3) is 4.09. The lowest BCUT2D eigenvalue weighted by Crippen LogP contribution is -2.33. The van der Waals surface area contributed by atoms with Crippen LogP contribution in [0.15, 0.2) is 30.6 Å². The van der Waals surface area contributed by atoms with Crippen molar-refractivity contribution >= 4 is 22.8 Å². The lowest BCUT2D eigenvalue weighted by atomic mass is 9.99. The minimum atomic E-state index is -0.0307. The molecule has 7 heteroatoms. The van der Waals surface area contributed by atoms with Gasteiger partial charge in [-0.05, 0) is 45.6 Å². The Morgan fingerprint density at radius 2 is 1.71 bits per heavy atom. The number of anilines is 1. The minimum Gasteiger partial charge on any atom is -0.368 e. The Morgan fingerprint density at radius 3 is 2.36 bits per heavy atom. The summed E-state index contributed by atoms with van der Waals surface area (Å²) < 4.78 is 0. The van der Waals surface area contributed by atoms with E-state index in [0.29, 0.717) is 17.8 Å². The zero-order chi connectivity index (χ0) is 20.4. The third-order valence-corrected chi connectivity index (χ3v) is 4.68. The van der Waals surface area contributed by atoms with Gasteiger partial charge in [0.1, 0.15) is 0 Å². The van der Waals surface area contributed by atoms with Crippen molar-refractivity contribution in [3.05, 3.63) is 47.3 Å². The van der Waals surface area contributed by atoms with Crippen molar-refractivity contribution < 1.29 is 4.79 Å². The fraction of sp³-hybridized carbons (Fsp3) is 0.333. The van der Waals surface area contributed by atoms with Crippen LogP contribution in [0.4, 0.5) is 5.95 Å². The first-order valence-electron chi connectivity index (χ1n) is 9.16. The Hall–Kier alpha value is -3.06. The molecule has 0 aliphatic heterocycles. The van der Waals surface area contributed by atoms with Crippen molar-refractivity contribution in [2.24, 2.45) is 0 Å². The maximum Gasteiger partial charge on any atom is 0.254 e. The molecule has 0 radical (unpaired) electrons. The quantitative estimate of drug-likeness (QED) is 0.734. The molecule has 0 saturated heterocycles. The number of hydrogen-bond acceptors (Lipinski definition) is 6. The summed E-state index contributed by atoms with van der Waals surface area (Å²) in [5.74, 6) is 0.174. The molecular formula is C21H26N6O. The SMILES string of the molecule is Cc1cc(C)c2nc(-c3cnc(N)nc3)cc(C(=O)N(C)CCN(C)C)c2c1. The molecule has 0 atom stereocenters. The van der Waals surface area contributed by atoms with E-state index in [9.17, 15) is 4.79 Å². The molecule has 3 rings (SSSR count). The lowest BCUT2D eigenvalue weighted by Gasteiger charge is -2.21. The third-order valence-electron chi connectivity index (χ3n) is 4.68. The zero-order valence-electron chi connectivity index (χ0n) is 17.0. The van der Waals surface area contributed by atoms with E-state index in [0.717, 1.165) is 34.1 Å². The number of aromatic nitrogens is 3. The number of nitrogen functional groups attached to an aromatic ring is 1. The first-order chi connectivity index (χ1) is 13.3. The van der Waals surface area contributed by atoms with Gasteiger partial charge in [-0.2, -0.15) is 0 Å². The molecule has 1 aromatic carbocycles. The van der Waals surface area contributed by atoms with Crippen LogP contribution in [-0.4, -0.2) is 64.9 Å². The highest BCUT2D eigenvalue weighted by molar-refractivity contribution is 6.07. The standard InChI is InChI=1S/C21H26N6O/c1-13-8-14(2)19-16(9-13)17(20(28)27(5)7-6-26(3)4)10-18(25-19)15-11-23-21(22)24-12-15/h8-12H,6-7H2,1-5H3,(H2,22,23,24). The van der Waals surface area contributed by atoms with Gasteiger partial charge in [0.2, 0.25) is 5.95 Å². The van der Waals surface area contributed by atoms with Crippen molar-refractivity contribution in [3.8, 4) is 11.3 Å². The number of carbonyl (C=O) groups is 1. The van der Waals surface area contributed by atoms with E-state index in [-0.39, 0.29) is 11.9 Å². The molecule has 0 fully saturated rings. The molecule has 0 aliphatic rings. The lowest BCUT2D eigenvalue weighted by molar-refractivity contribution is 0.0788. The van der Waals surface area contributed by atoms with Crippen LogP contribution in [0.3, 0.4) is 0 Å². The number of rotatable bonds is 5. The van der Waals surface area contributed by atoms with E-state index >= 15 is 0 Å². The number of likely N-dealkylation sites (N-methyl/N-ethyl adjacent to an activating group) is 2. The molecule has 0 bridgehead atoms. The van der Waals surface area contributed by atoms with Gasteiger partial charge in [-0.25, -0.2) is 15.0 Å².